The van der Waals surface area contributed by atoms with Gasteiger partial charge in [0.1, 0.15) is 5.69 Å². The summed E-state index contributed by atoms with van der Waals surface area (Å²) < 4.78 is 2.56. The van der Waals surface area contributed by atoms with E-state index in [0.29, 0.717) is 12.1 Å². The third-order valence-corrected chi connectivity index (χ3v) is 3.72. The van der Waals surface area contributed by atoms with E-state index in [1.165, 1.54) is 11.1 Å². The number of hydrogen-bond acceptors (Lipinski definition) is 2. The second kappa shape index (κ2) is 6.35. The smallest absolute Gasteiger partial charge is 0.186 e. The summed E-state index contributed by atoms with van der Waals surface area (Å²) in [4.78, 5) is 12.5. The highest BCUT2D eigenvalue weighted by Gasteiger charge is 2.17. The fourth-order valence-electron chi connectivity index (χ4n) is 2.46. The van der Waals surface area contributed by atoms with Crippen LogP contribution in [0.2, 0.25) is 0 Å². The lowest BCUT2D eigenvalue weighted by Gasteiger charge is -2.07. The number of halogens is 1. The van der Waals surface area contributed by atoms with Crippen molar-refractivity contribution in [2.24, 2.45) is 0 Å². The lowest BCUT2D eigenvalue weighted by Crippen LogP contribution is -2.13. The summed E-state index contributed by atoms with van der Waals surface area (Å²) in [5, 5.41) is 4.25. The summed E-state index contributed by atoms with van der Waals surface area (Å²) in [6, 6.07) is 6.25. The predicted octanol–water partition coefficient (Wildman–Crippen LogP) is 4.10. The highest BCUT2D eigenvalue weighted by molar-refractivity contribution is 9.10. The van der Waals surface area contributed by atoms with Gasteiger partial charge in [-0.2, -0.15) is 5.10 Å². The maximum absolute atomic E-state index is 12.5. The van der Waals surface area contributed by atoms with Crippen molar-refractivity contribution in [1.82, 2.24) is 9.78 Å². The van der Waals surface area contributed by atoms with Crippen molar-refractivity contribution in [3.63, 3.8) is 0 Å². The molecule has 2 aromatic rings. The Morgan fingerprint density at radius 3 is 2.50 bits per heavy atom. The monoisotopic (exact) mass is 334 g/mol. The van der Waals surface area contributed by atoms with Crippen molar-refractivity contribution >= 4 is 21.7 Å². The van der Waals surface area contributed by atoms with Crippen molar-refractivity contribution in [2.45, 2.75) is 40.2 Å². The third kappa shape index (κ3) is 3.37. The zero-order valence-corrected chi connectivity index (χ0v) is 13.7. The zero-order valence-electron chi connectivity index (χ0n) is 12.1. The van der Waals surface area contributed by atoms with Gasteiger partial charge in [0.2, 0.25) is 0 Å². The summed E-state index contributed by atoms with van der Waals surface area (Å²) in [6.07, 6.45) is 3.07. The molecule has 2 rings (SSSR count). The highest BCUT2D eigenvalue weighted by atomic mass is 79.9. The van der Waals surface area contributed by atoms with E-state index in [1.54, 1.807) is 10.9 Å². The Morgan fingerprint density at radius 2 is 1.90 bits per heavy atom. The van der Waals surface area contributed by atoms with E-state index < -0.39 is 0 Å². The Balaban J connectivity index is 2.26. The molecule has 0 atom stereocenters. The Kier molecular flexibility index (Phi) is 4.76. The van der Waals surface area contributed by atoms with E-state index in [-0.39, 0.29) is 5.78 Å². The third-order valence-electron chi connectivity index (χ3n) is 3.14. The number of carbonyl (C=O) groups is 1. The molecule has 0 amide bonds. The van der Waals surface area contributed by atoms with Crippen LogP contribution >= 0.6 is 15.9 Å². The summed E-state index contributed by atoms with van der Waals surface area (Å²) >= 11 is 3.43. The molecule has 0 saturated carbocycles. The van der Waals surface area contributed by atoms with Crippen LogP contribution in [0.25, 0.3) is 0 Å². The van der Waals surface area contributed by atoms with Gasteiger partial charge in [0, 0.05) is 13.0 Å². The summed E-state index contributed by atoms with van der Waals surface area (Å²) in [6.45, 7) is 6.95. The lowest BCUT2D eigenvalue weighted by molar-refractivity contribution is 0.0981. The van der Waals surface area contributed by atoms with Crippen molar-refractivity contribution in [2.75, 3.05) is 0 Å². The molecular weight excluding hydrogens is 316 g/mol. The normalized spacial score (nSPS) is 10.8. The number of hydrogen-bond donors (Lipinski definition) is 0. The molecule has 1 heterocycles. The van der Waals surface area contributed by atoms with E-state index in [9.17, 15) is 4.79 Å². The second-order valence-electron chi connectivity index (χ2n) is 5.16. The quantitative estimate of drug-likeness (QED) is 0.771. The van der Waals surface area contributed by atoms with E-state index in [2.05, 4.69) is 60.0 Å². The van der Waals surface area contributed by atoms with Gasteiger partial charge in [-0.15, -0.1) is 0 Å². The highest BCUT2D eigenvalue weighted by Crippen LogP contribution is 2.19. The molecule has 1 aromatic heterocycles. The van der Waals surface area contributed by atoms with Gasteiger partial charge in [-0.3, -0.25) is 9.48 Å². The van der Waals surface area contributed by atoms with Gasteiger partial charge >= 0.3 is 0 Å². The van der Waals surface area contributed by atoms with Gasteiger partial charge in [-0.05, 0) is 41.8 Å². The first kappa shape index (κ1) is 15.0. The fourth-order valence-corrected chi connectivity index (χ4v) is 2.98. The van der Waals surface area contributed by atoms with Gasteiger partial charge in [0.15, 0.2) is 5.78 Å². The van der Waals surface area contributed by atoms with Gasteiger partial charge in [0.25, 0.3) is 0 Å². The zero-order chi connectivity index (χ0) is 14.7. The summed E-state index contributed by atoms with van der Waals surface area (Å²) in [7, 11) is 0. The molecule has 3 nitrogen and oxygen atoms in total. The molecule has 0 unspecified atom stereocenters. The molecular formula is C16H19BrN2O. The van der Waals surface area contributed by atoms with Gasteiger partial charge in [0.05, 0.1) is 10.7 Å². The molecule has 0 aliphatic rings. The molecule has 0 bridgehead atoms. The van der Waals surface area contributed by atoms with Crippen LogP contribution in [0.1, 0.15) is 40.5 Å². The van der Waals surface area contributed by atoms with Crippen molar-refractivity contribution < 1.29 is 4.79 Å². The number of aryl methyl sites for hydroxylation is 3. The first-order valence-electron chi connectivity index (χ1n) is 6.83. The number of aromatic nitrogens is 2. The van der Waals surface area contributed by atoms with E-state index in [4.69, 9.17) is 0 Å². The fraction of sp³-hybridized carbons (Fsp3) is 0.375. The number of Topliss-reactive ketones (excluding diaryl/α,β-unsaturated/α-hetero) is 1. The van der Waals surface area contributed by atoms with Crippen molar-refractivity contribution in [1.29, 1.82) is 0 Å². The van der Waals surface area contributed by atoms with Crippen LogP contribution < -0.4 is 0 Å². The molecule has 106 valence electrons. The molecule has 0 spiro atoms. The Morgan fingerprint density at radius 1 is 1.25 bits per heavy atom. The minimum absolute atomic E-state index is 0.104. The predicted molar refractivity (Wildman–Crippen MR) is 84.2 cm³/mol. The molecule has 0 radical (unpaired) electrons. The SMILES string of the molecule is CCCn1ncc(Br)c1C(=O)Cc1cc(C)cc(C)c1. The summed E-state index contributed by atoms with van der Waals surface area (Å²) in [5.41, 5.74) is 4.11. The van der Waals surface area contributed by atoms with E-state index >= 15 is 0 Å². The van der Waals surface area contributed by atoms with Gasteiger partial charge in [-0.1, -0.05) is 36.2 Å². The van der Waals surface area contributed by atoms with Crippen LogP contribution in [0.4, 0.5) is 0 Å². The molecule has 4 heteroatoms. The second-order valence-corrected chi connectivity index (χ2v) is 6.01. The minimum Gasteiger partial charge on any atom is -0.292 e. The Hall–Kier alpha value is -1.42. The number of carbonyl (C=O) groups excluding carboxylic acids is 1. The standard InChI is InChI=1S/C16H19BrN2O/c1-4-5-19-16(14(17)10-18-19)15(20)9-13-7-11(2)6-12(3)8-13/h6-8,10H,4-5,9H2,1-3H3. The first-order valence-corrected chi connectivity index (χ1v) is 7.62. The summed E-state index contributed by atoms with van der Waals surface area (Å²) in [5.74, 6) is 0.104. The average molecular weight is 335 g/mol. The maximum Gasteiger partial charge on any atom is 0.186 e. The van der Waals surface area contributed by atoms with E-state index in [0.717, 1.165) is 23.0 Å². The van der Waals surface area contributed by atoms with Crippen LogP contribution in [0.5, 0.6) is 0 Å². The largest absolute Gasteiger partial charge is 0.292 e. The number of nitrogens with zero attached hydrogens (tertiary/aromatic N) is 2. The van der Waals surface area contributed by atoms with Gasteiger partial charge < -0.3 is 0 Å². The average Bonchev–Trinajstić information content (AvgIpc) is 2.69. The molecule has 0 aliphatic carbocycles. The van der Waals surface area contributed by atoms with Crippen LogP contribution in [0, 0.1) is 13.8 Å². The molecule has 0 N–H and O–H groups in total. The lowest BCUT2D eigenvalue weighted by atomic mass is 10.0. The van der Waals surface area contributed by atoms with Crippen LogP contribution in [-0.4, -0.2) is 15.6 Å². The van der Waals surface area contributed by atoms with Crippen LogP contribution in [0.3, 0.4) is 0 Å². The first-order chi connectivity index (χ1) is 9.51. The molecule has 1 aromatic carbocycles. The minimum atomic E-state index is 0.104. The molecule has 20 heavy (non-hydrogen) atoms. The molecule has 0 aliphatic heterocycles. The topological polar surface area (TPSA) is 34.9 Å². The van der Waals surface area contributed by atoms with Crippen LogP contribution in [-0.2, 0) is 13.0 Å². The van der Waals surface area contributed by atoms with Gasteiger partial charge in [-0.25, -0.2) is 0 Å². The number of benzene rings is 1. The Labute approximate surface area is 128 Å². The molecule has 0 fully saturated rings. The number of rotatable bonds is 5. The van der Waals surface area contributed by atoms with Crippen molar-refractivity contribution in [3.8, 4) is 0 Å². The Bertz CT molecular complexity index is 611. The molecule has 0 saturated heterocycles. The van der Waals surface area contributed by atoms with E-state index in [1.807, 2.05) is 0 Å². The van der Waals surface area contributed by atoms with Crippen LogP contribution in [0.15, 0.2) is 28.9 Å². The number of ketones is 1. The van der Waals surface area contributed by atoms with Crippen molar-refractivity contribution in [3.05, 3.63) is 51.3 Å². The maximum atomic E-state index is 12.5.